The van der Waals surface area contributed by atoms with E-state index in [0.29, 0.717) is 0 Å². The van der Waals surface area contributed by atoms with Crippen LogP contribution in [0.1, 0.15) is 0 Å². The summed E-state index contributed by atoms with van der Waals surface area (Å²) in [6, 6.07) is 0. The summed E-state index contributed by atoms with van der Waals surface area (Å²) in [6.07, 6.45) is 2.07. The molecule has 1 heterocycles. The molecule has 0 N–H and O–H groups in total. The highest BCUT2D eigenvalue weighted by atomic mass is 32.2. The third-order valence-corrected chi connectivity index (χ3v) is 2.51. The van der Waals surface area contributed by atoms with E-state index in [9.17, 15) is 0 Å². The highest BCUT2D eigenvalue weighted by Gasteiger charge is 2.02. The summed E-state index contributed by atoms with van der Waals surface area (Å²) in [5, 5.41) is 1.30. The molecule has 0 aliphatic carbocycles. The van der Waals surface area contributed by atoms with Gasteiger partial charge in [0.25, 0.3) is 0 Å². The average Bonchev–Trinajstić information content (AvgIpc) is 2.14. The fourth-order valence-electron chi connectivity index (χ4n) is 0.420. The largest absolute Gasteiger partial charge is 0.271 e. The van der Waals surface area contributed by atoms with Crippen LogP contribution < -0.4 is 0 Å². The molecular weight excluding hydrogens is 126 g/mol. The van der Waals surface area contributed by atoms with E-state index in [4.69, 9.17) is 0 Å². The first-order chi connectivity index (χ1) is 3.43. The molecule has 0 amide bonds. The Bertz CT molecular complexity index is 89.7. The number of thioether (sulfide) groups is 2. The van der Waals surface area contributed by atoms with Crippen molar-refractivity contribution in [3.05, 3.63) is 0 Å². The second-order valence-corrected chi connectivity index (χ2v) is 3.07. The number of hydrogen-bond acceptors (Lipinski definition) is 3. The van der Waals surface area contributed by atoms with Crippen LogP contribution in [0.5, 0.6) is 0 Å². The molecule has 0 saturated heterocycles. The van der Waals surface area contributed by atoms with Crippen LogP contribution >= 0.6 is 23.5 Å². The summed E-state index contributed by atoms with van der Waals surface area (Å²) in [7, 11) is 0. The molecule has 1 rings (SSSR count). The maximum Gasteiger partial charge on any atom is 0.0857 e. The standard InChI is InChI=1S/C4H7NS2/c1-6-4-2-7-3-5-4/h2-3H2,1H3. The molecule has 0 saturated carbocycles. The van der Waals surface area contributed by atoms with Crippen LogP contribution in [0.25, 0.3) is 0 Å². The number of aliphatic imine (C=N–C) groups is 1. The Labute approximate surface area is 52.0 Å². The van der Waals surface area contributed by atoms with Crippen LogP contribution in [0.3, 0.4) is 0 Å². The van der Waals surface area contributed by atoms with Crippen molar-refractivity contribution in [1.29, 1.82) is 0 Å². The van der Waals surface area contributed by atoms with Crippen molar-refractivity contribution >= 4 is 28.6 Å². The molecule has 0 unspecified atom stereocenters. The fourth-order valence-corrected chi connectivity index (χ4v) is 2.02. The maximum absolute atomic E-state index is 4.20. The normalized spacial score (nSPS) is 19.9. The van der Waals surface area contributed by atoms with Crippen molar-refractivity contribution in [2.75, 3.05) is 17.9 Å². The van der Waals surface area contributed by atoms with Crippen molar-refractivity contribution in [2.24, 2.45) is 4.99 Å². The topological polar surface area (TPSA) is 12.4 Å². The smallest absolute Gasteiger partial charge is 0.0857 e. The van der Waals surface area contributed by atoms with Gasteiger partial charge < -0.3 is 0 Å². The summed E-state index contributed by atoms with van der Waals surface area (Å²) in [5.41, 5.74) is 0. The van der Waals surface area contributed by atoms with Gasteiger partial charge in [0, 0.05) is 5.75 Å². The zero-order valence-electron chi connectivity index (χ0n) is 4.18. The molecule has 7 heavy (non-hydrogen) atoms. The zero-order chi connectivity index (χ0) is 5.11. The average molecular weight is 133 g/mol. The Balaban J connectivity index is 2.36. The fraction of sp³-hybridized carbons (Fsp3) is 0.750. The Morgan fingerprint density at radius 2 is 2.71 bits per heavy atom. The van der Waals surface area contributed by atoms with E-state index in [-0.39, 0.29) is 0 Å². The minimum Gasteiger partial charge on any atom is -0.271 e. The quantitative estimate of drug-likeness (QED) is 0.496. The van der Waals surface area contributed by atoms with Gasteiger partial charge in [0.15, 0.2) is 0 Å². The molecule has 0 aromatic carbocycles. The van der Waals surface area contributed by atoms with Crippen molar-refractivity contribution in [2.45, 2.75) is 0 Å². The van der Waals surface area contributed by atoms with Gasteiger partial charge in [-0.05, 0) is 6.26 Å². The lowest BCUT2D eigenvalue weighted by atomic mass is 10.9. The molecule has 0 spiro atoms. The number of nitrogens with zero attached hydrogens (tertiary/aromatic N) is 1. The van der Waals surface area contributed by atoms with Crippen LogP contribution in [0, 0.1) is 0 Å². The highest BCUT2D eigenvalue weighted by molar-refractivity contribution is 8.16. The molecule has 0 bridgehead atoms. The van der Waals surface area contributed by atoms with E-state index in [1.54, 1.807) is 11.8 Å². The molecule has 1 aliphatic rings. The van der Waals surface area contributed by atoms with Crippen LogP contribution in [0.4, 0.5) is 0 Å². The summed E-state index contributed by atoms with van der Waals surface area (Å²) in [5.74, 6) is 2.12. The Morgan fingerprint density at radius 3 is 3.00 bits per heavy atom. The Kier molecular flexibility index (Phi) is 2.06. The first kappa shape index (κ1) is 5.51. The third kappa shape index (κ3) is 1.39. The second kappa shape index (κ2) is 2.62. The molecule has 0 aromatic heterocycles. The highest BCUT2D eigenvalue weighted by Crippen LogP contribution is 2.15. The first-order valence-corrected chi connectivity index (χ1v) is 4.46. The van der Waals surface area contributed by atoms with Gasteiger partial charge >= 0.3 is 0 Å². The van der Waals surface area contributed by atoms with Gasteiger partial charge in [-0.25, -0.2) is 0 Å². The molecule has 3 heteroatoms. The van der Waals surface area contributed by atoms with Gasteiger partial charge in [-0.15, -0.1) is 23.5 Å². The van der Waals surface area contributed by atoms with Crippen molar-refractivity contribution < 1.29 is 0 Å². The van der Waals surface area contributed by atoms with Gasteiger partial charge in [0.1, 0.15) is 0 Å². The van der Waals surface area contributed by atoms with E-state index >= 15 is 0 Å². The van der Waals surface area contributed by atoms with Crippen molar-refractivity contribution in [3.8, 4) is 0 Å². The molecule has 0 radical (unpaired) electrons. The van der Waals surface area contributed by atoms with Crippen LogP contribution in [0.15, 0.2) is 4.99 Å². The van der Waals surface area contributed by atoms with Crippen LogP contribution in [0.2, 0.25) is 0 Å². The summed E-state index contributed by atoms with van der Waals surface area (Å²) < 4.78 is 0. The minimum atomic E-state index is 0.982. The lowest BCUT2D eigenvalue weighted by Crippen LogP contribution is -1.85. The van der Waals surface area contributed by atoms with Crippen LogP contribution in [-0.2, 0) is 0 Å². The SMILES string of the molecule is CSC1=NCSC1. The zero-order valence-corrected chi connectivity index (χ0v) is 5.81. The molecule has 40 valence electrons. The number of rotatable bonds is 0. The first-order valence-electron chi connectivity index (χ1n) is 2.08. The maximum atomic E-state index is 4.20. The Hall–Kier alpha value is 0.370. The van der Waals surface area contributed by atoms with Gasteiger partial charge in [-0.3, -0.25) is 4.99 Å². The van der Waals surface area contributed by atoms with E-state index in [0.717, 1.165) is 11.6 Å². The van der Waals surface area contributed by atoms with Crippen LogP contribution in [-0.4, -0.2) is 22.9 Å². The molecular formula is C4H7NS2. The summed E-state index contributed by atoms with van der Waals surface area (Å²) in [4.78, 5) is 4.20. The molecule has 0 aromatic rings. The van der Waals surface area contributed by atoms with Crippen molar-refractivity contribution in [1.82, 2.24) is 0 Å². The molecule has 1 nitrogen and oxygen atoms in total. The van der Waals surface area contributed by atoms with E-state index in [2.05, 4.69) is 11.2 Å². The summed E-state index contributed by atoms with van der Waals surface area (Å²) in [6.45, 7) is 0. The molecule has 0 atom stereocenters. The third-order valence-electron chi connectivity index (χ3n) is 0.793. The lowest BCUT2D eigenvalue weighted by molar-refractivity contribution is 1.42. The Morgan fingerprint density at radius 1 is 1.86 bits per heavy atom. The molecule has 1 aliphatic heterocycles. The van der Waals surface area contributed by atoms with E-state index < -0.39 is 0 Å². The minimum absolute atomic E-state index is 0.982. The van der Waals surface area contributed by atoms with Gasteiger partial charge in [0.2, 0.25) is 0 Å². The summed E-state index contributed by atoms with van der Waals surface area (Å²) >= 11 is 3.64. The molecule has 0 fully saturated rings. The van der Waals surface area contributed by atoms with Gasteiger partial charge in [0.05, 0.1) is 10.9 Å². The van der Waals surface area contributed by atoms with Crippen molar-refractivity contribution in [3.63, 3.8) is 0 Å². The monoisotopic (exact) mass is 133 g/mol. The predicted molar refractivity (Wildman–Crippen MR) is 38.3 cm³/mol. The number of hydrogen-bond donors (Lipinski definition) is 0. The second-order valence-electron chi connectivity index (χ2n) is 1.23. The predicted octanol–water partition coefficient (Wildman–Crippen LogP) is 1.45. The van der Waals surface area contributed by atoms with Gasteiger partial charge in [-0.1, -0.05) is 0 Å². The van der Waals surface area contributed by atoms with E-state index in [1.807, 2.05) is 11.8 Å². The van der Waals surface area contributed by atoms with Gasteiger partial charge in [-0.2, -0.15) is 0 Å². The van der Waals surface area contributed by atoms with E-state index in [1.165, 1.54) is 5.04 Å². The lowest BCUT2D eigenvalue weighted by Gasteiger charge is -1.85.